The Morgan fingerprint density at radius 3 is 2.33 bits per heavy atom. The van der Waals surface area contributed by atoms with Crippen LogP contribution in [0.3, 0.4) is 0 Å². The Morgan fingerprint density at radius 1 is 1.11 bits per heavy atom. The highest BCUT2D eigenvalue weighted by Crippen LogP contribution is 2.34. The number of hydrogen-bond acceptors (Lipinski definition) is 4. The average Bonchev–Trinajstić information content (AvgIpc) is 3.02. The highest BCUT2D eigenvalue weighted by molar-refractivity contribution is 7.16. The van der Waals surface area contributed by atoms with Crippen LogP contribution < -0.4 is 5.32 Å². The first-order valence-corrected chi connectivity index (χ1v) is 8.92. The van der Waals surface area contributed by atoms with E-state index in [1.54, 1.807) is 12.1 Å². The third-order valence-electron chi connectivity index (χ3n) is 3.97. The Kier molecular flexibility index (Phi) is 5.23. The fourth-order valence-electron chi connectivity index (χ4n) is 2.50. The largest absolute Gasteiger partial charge is 0.508 e. The van der Waals surface area contributed by atoms with Gasteiger partial charge in [-0.05, 0) is 36.8 Å². The minimum atomic E-state index is -4.35. The Morgan fingerprint density at radius 2 is 1.74 bits per heavy atom. The summed E-state index contributed by atoms with van der Waals surface area (Å²) in [5.74, 6) is 0.206. The van der Waals surface area contributed by atoms with Crippen LogP contribution in [-0.2, 0) is 12.7 Å². The zero-order chi connectivity index (χ0) is 19.6. The first-order valence-electron chi connectivity index (χ1n) is 8.10. The molecule has 1 aromatic heterocycles. The van der Waals surface area contributed by atoms with Crippen molar-refractivity contribution in [3.05, 3.63) is 76.8 Å². The average molecular weight is 390 g/mol. The van der Waals surface area contributed by atoms with Crippen molar-refractivity contribution < 1.29 is 18.3 Å². The van der Waals surface area contributed by atoms with Crippen molar-refractivity contribution >= 4 is 17.0 Å². The molecular formula is C20H17F3N2OS. The molecule has 3 rings (SSSR count). The van der Waals surface area contributed by atoms with Gasteiger partial charge in [-0.3, -0.25) is 0 Å². The lowest BCUT2D eigenvalue weighted by molar-refractivity contribution is -0.137. The second-order valence-corrected chi connectivity index (χ2v) is 7.01. The summed E-state index contributed by atoms with van der Waals surface area (Å²) in [7, 11) is 0. The lowest BCUT2D eigenvalue weighted by Crippen LogP contribution is -2.10. The van der Waals surface area contributed by atoms with Gasteiger partial charge < -0.3 is 10.4 Å². The van der Waals surface area contributed by atoms with Gasteiger partial charge in [0.15, 0.2) is 0 Å². The molecule has 0 aliphatic carbocycles. The minimum Gasteiger partial charge on any atom is -0.508 e. The normalized spacial score (nSPS) is 11.4. The summed E-state index contributed by atoms with van der Waals surface area (Å²) in [4.78, 5) is 5.31. The molecule has 7 heteroatoms. The standard InChI is InChI=1S/C20H17F3N2OS/c1-12(24-11-14-3-9-17(26)10-4-14)18-13(2)25-19(27-18)15-5-7-16(8-6-15)20(21,22)23/h3-10,24,26H,1,11H2,2H3. The van der Waals surface area contributed by atoms with E-state index in [1.807, 2.05) is 19.1 Å². The number of phenols is 1. The SMILES string of the molecule is C=C(NCc1ccc(O)cc1)c1sc(-c2ccc(C(F)(F)F)cc2)nc1C. The van der Waals surface area contributed by atoms with Gasteiger partial charge in [-0.1, -0.05) is 30.8 Å². The van der Waals surface area contributed by atoms with Gasteiger partial charge >= 0.3 is 6.18 Å². The fourth-order valence-corrected chi connectivity index (χ4v) is 3.52. The van der Waals surface area contributed by atoms with Gasteiger partial charge in [0.05, 0.1) is 16.1 Å². The van der Waals surface area contributed by atoms with E-state index < -0.39 is 11.7 Å². The number of halogens is 3. The maximum Gasteiger partial charge on any atom is 0.416 e. The summed E-state index contributed by atoms with van der Waals surface area (Å²) in [6.45, 7) is 6.41. The molecule has 140 valence electrons. The van der Waals surface area contributed by atoms with E-state index in [1.165, 1.54) is 23.5 Å². The van der Waals surface area contributed by atoms with Crippen LogP contribution in [0.2, 0.25) is 0 Å². The first kappa shape index (κ1) is 19.0. The van der Waals surface area contributed by atoms with Crippen LogP contribution in [-0.4, -0.2) is 10.1 Å². The molecular weight excluding hydrogens is 373 g/mol. The lowest BCUT2D eigenvalue weighted by Gasteiger charge is -2.08. The molecule has 3 nitrogen and oxygen atoms in total. The highest BCUT2D eigenvalue weighted by atomic mass is 32.1. The molecule has 0 aliphatic heterocycles. The van der Waals surface area contributed by atoms with Gasteiger partial charge in [0.25, 0.3) is 0 Å². The Hall–Kier alpha value is -2.80. The number of nitrogens with one attached hydrogen (secondary N) is 1. The zero-order valence-electron chi connectivity index (χ0n) is 14.5. The van der Waals surface area contributed by atoms with Crippen molar-refractivity contribution in [2.75, 3.05) is 0 Å². The van der Waals surface area contributed by atoms with Crippen LogP contribution >= 0.6 is 11.3 Å². The Labute approximate surface area is 158 Å². The summed E-state index contributed by atoms with van der Waals surface area (Å²) < 4.78 is 38.1. The summed E-state index contributed by atoms with van der Waals surface area (Å²) in [6, 6.07) is 11.8. The Bertz CT molecular complexity index is 945. The second kappa shape index (κ2) is 7.44. The first-order chi connectivity index (χ1) is 12.7. The minimum absolute atomic E-state index is 0.206. The number of phenolic OH excluding ortho intramolecular Hbond substituents is 1. The van der Waals surface area contributed by atoms with Crippen molar-refractivity contribution in [3.63, 3.8) is 0 Å². The van der Waals surface area contributed by atoms with Crippen molar-refractivity contribution in [1.82, 2.24) is 10.3 Å². The van der Waals surface area contributed by atoms with E-state index in [9.17, 15) is 18.3 Å². The summed E-state index contributed by atoms with van der Waals surface area (Å²) in [6.07, 6.45) is -4.35. The number of benzene rings is 2. The van der Waals surface area contributed by atoms with Gasteiger partial charge in [0, 0.05) is 17.8 Å². The van der Waals surface area contributed by atoms with Crippen LogP contribution in [0.15, 0.2) is 55.1 Å². The van der Waals surface area contributed by atoms with Crippen molar-refractivity contribution in [3.8, 4) is 16.3 Å². The molecule has 0 unspecified atom stereocenters. The zero-order valence-corrected chi connectivity index (χ0v) is 15.3. The molecule has 2 N–H and O–H groups in total. The van der Waals surface area contributed by atoms with Crippen LogP contribution in [0.4, 0.5) is 13.2 Å². The summed E-state index contributed by atoms with van der Waals surface area (Å²) in [5, 5.41) is 13.2. The van der Waals surface area contributed by atoms with Crippen LogP contribution in [0, 0.1) is 6.92 Å². The number of aromatic nitrogens is 1. The van der Waals surface area contributed by atoms with Gasteiger partial charge in [-0.25, -0.2) is 4.98 Å². The van der Waals surface area contributed by atoms with Crippen LogP contribution in [0.1, 0.15) is 21.7 Å². The summed E-state index contributed by atoms with van der Waals surface area (Å²) >= 11 is 1.38. The Balaban J connectivity index is 1.73. The number of alkyl halides is 3. The fraction of sp³-hybridized carbons (Fsp3) is 0.150. The third-order valence-corrected chi connectivity index (χ3v) is 5.24. The maximum absolute atomic E-state index is 12.7. The van der Waals surface area contributed by atoms with Gasteiger partial charge in [-0.15, -0.1) is 11.3 Å². The summed E-state index contributed by atoms with van der Waals surface area (Å²) in [5.41, 5.74) is 2.39. The quantitative estimate of drug-likeness (QED) is 0.596. The third kappa shape index (κ3) is 4.49. The van der Waals surface area contributed by atoms with Crippen molar-refractivity contribution in [2.45, 2.75) is 19.6 Å². The molecule has 27 heavy (non-hydrogen) atoms. The molecule has 0 spiro atoms. The molecule has 1 heterocycles. The number of hydrogen-bond donors (Lipinski definition) is 2. The van der Waals surface area contributed by atoms with E-state index in [0.717, 1.165) is 28.3 Å². The lowest BCUT2D eigenvalue weighted by atomic mass is 10.1. The predicted molar refractivity (Wildman–Crippen MR) is 101 cm³/mol. The number of aryl methyl sites for hydroxylation is 1. The topological polar surface area (TPSA) is 45.1 Å². The van der Waals surface area contributed by atoms with Crippen molar-refractivity contribution in [2.24, 2.45) is 0 Å². The second-order valence-electron chi connectivity index (χ2n) is 6.01. The molecule has 0 saturated heterocycles. The van der Waals surface area contributed by atoms with Crippen LogP contribution in [0.5, 0.6) is 5.75 Å². The number of thiazole rings is 1. The molecule has 0 atom stereocenters. The van der Waals surface area contributed by atoms with E-state index in [0.29, 0.717) is 22.8 Å². The van der Waals surface area contributed by atoms with Crippen LogP contribution in [0.25, 0.3) is 16.3 Å². The predicted octanol–water partition coefficient (Wildman–Crippen LogP) is 5.60. The molecule has 0 saturated carbocycles. The van der Waals surface area contributed by atoms with E-state index in [-0.39, 0.29) is 5.75 Å². The van der Waals surface area contributed by atoms with Gasteiger partial charge in [-0.2, -0.15) is 13.2 Å². The molecule has 0 bridgehead atoms. The molecule has 0 fully saturated rings. The molecule has 0 amide bonds. The van der Waals surface area contributed by atoms with Gasteiger partial charge in [0.2, 0.25) is 0 Å². The number of nitrogens with zero attached hydrogens (tertiary/aromatic N) is 1. The number of rotatable bonds is 5. The van der Waals surface area contributed by atoms with Crippen molar-refractivity contribution in [1.29, 1.82) is 0 Å². The highest BCUT2D eigenvalue weighted by Gasteiger charge is 2.30. The van der Waals surface area contributed by atoms with E-state index >= 15 is 0 Å². The maximum atomic E-state index is 12.7. The molecule has 0 radical (unpaired) electrons. The van der Waals surface area contributed by atoms with Gasteiger partial charge in [0.1, 0.15) is 10.8 Å². The molecule has 2 aromatic carbocycles. The number of aromatic hydroxyl groups is 1. The monoisotopic (exact) mass is 390 g/mol. The van der Waals surface area contributed by atoms with E-state index in [4.69, 9.17) is 0 Å². The van der Waals surface area contributed by atoms with E-state index in [2.05, 4.69) is 16.9 Å². The smallest absolute Gasteiger partial charge is 0.416 e. The molecule has 3 aromatic rings. The molecule has 0 aliphatic rings.